The van der Waals surface area contributed by atoms with Gasteiger partial charge in [0.15, 0.2) is 5.78 Å². The van der Waals surface area contributed by atoms with Crippen LogP contribution in [0.2, 0.25) is 0 Å². The van der Waals surface area contributed by atoms with E-state index < -0.39 is 71.8 Å². The second-order valence-electron chi connectivity index (χ2n) is 17.1. The zero-order valence-electron chi connectivity index (χ0n) is 35.0. The van der Waals surface area contributed by atoms with Crippen LogP contribution in [0.5, 0.6) is 0 Å². The molecule has 3 heterocycles. The van der Waals surface area contributed by atoms with Crippen LogP contribution >= 0.6 is 11.6 Å². The molecule has 2 saturated heterocycles. The van der Waals surface area contributed by atoms with Crippen molar-refractivity contribution in [2.45, 2.75) is 166 Å². The fourth-order valence-electron chi connectivity index (χ4n) is 9.39. The maximum Gasteiger partial charge on any atom is 0.329 e. The van der Waals surface area contributed by atoms with Gasteiger partial charge in [0.05, 0.1) is 29.8 Å². The summed E-state index contributed by atoms with van der Waals surface area (Å²) < 4.78 is 29.9. The number of ether oxygens (including phenoxy) is 5. The molecular formula is C43H68ClNO11. The summed E-state index contributed by atoms with van der Waals surface area (Å²) in [6.45, 7) is 11.4. The zero-order valence-corrected chi connectivity index (χ0v) is 35.8. The number of nitrogens with zero attached hydrogens (tertiary/aromatic N) is 1. The third-order valence-electron chi connectivity index (χ3n) is 12.8. The van der Waals surface area contributed by atoms with E-state index >= 15 is 0 Å². The lowest BCUT2D eigenvalue weighted by atomic mass is 9.81. The number of amides is 1. The number of hydrogen-bond acceptors (Lipinski definition) is 11. The van der Waals surface area contributed by atoms with E-state index in [-0.39, 0.29) is 60.8 Å². The molecule has 0 aromatic carbocycles. The second-order valence-corrected chi connectivity index (χ2v) is 17.6. The Labute approximate surface area is 339 Å². The first kappa shape index (κ1) is 46.5. The average Bonchev–Trinajstić information content (AvgIpc) is 3.18. The number of carbonyl (C=O) groups is 4. The number of methoxy groups -OCH3 is 3. The summed E-state index contributed by atoms with van der Waals surface area (Å²) in [5.74, 6) is -6.93. The van der Waals surface area contributed by atoms with Gasteiger partial charge in [-0.15, -0.1) is 11.6 Å². The number of rotatable bonds is 6. The molecule has 1 saturated carbocycles. The predicted molar refractivity (Wildman–Crippen MR) is 212 cm³/mol. The van der Waals surface area contributed by atoms with Crippen molar-refractivity contribution in [3.05, 3.63) is 23.3 Å². The van der Waals surface area contributed by atoms with Gasteiger partial charge < -0.3 is 38.8 Å². The lowest BCUT2D eigenvalue weighted by Gasteiger charge is -2.47. The monoisotopic (exact) mass is 809 g/mol. The summed E-state index contributed by atoms with van der Waals surface area (Å²) in [6.07, 6.45) is 5.14. The van der Waals surface area contributed by atoms with Gasteiger partial charge in [-0.1, -0.05) is 46.8 Å². The summed E-state index contributed by atoms with van der Waals surface area (Å²) in [6, 6.07) is -1.12. The van der Waals surface area contributed by atoms with E-state index in [1.54, 1.807) is 21.0 Å². The van der Waals surface area contributed by atoms with Gasteiger partial charge in [0.25, 0.3) is 11.7 Å². The molecule has 13 heteroatoms. The van der Waals surface area contributed by atoms with E-state index in [2.05, 4.69) is 6.92 Å². The van der Waals surface area contributed by atoms with Crippen LogP contribution in [-0.2, 0) is 42.9 Å². The number of Topliss-reactive ketones (excluding diaryl/α,β-unsaturated/α-hetero) is 2. The number of aliphatic hydroxyl groups excluding tert-OH is 1. The van der Waals surface area contributed by atoms with E-state index in [0.717, 1.165) is 12.8 Å². The largest absolute Gasteiger partial charge is 0.456 e. The molecule has 12 nitrogen and oxygen atoms in total. The van der Waals surface area contributed by atoms with Crippen molar-refractivity contribution in [3.8, 4) is 0 Å². The highest BCUT2D eigenvalue weighted by Gasteiger charge is 2.56. The van der Waals surface area contributed by atoms with Crippen LogP contribution in [0.15, 0.2) is 23.3 Å². The number of hydrogen-bond donors (Lipinski definition) is 2. The SMILES string of the molecule is CCC1=CC(C)C[C@H](C)C[C@H](OC)C2O[C@@](O)(C(=O)C(=O)N3CCCC[C@H]3C(=O)O[C@H](C(C)=C[C@@H]3CC[C@H](Cl)[C@H](OC)C3)[C@H](C)[C@@H](O)CC1=O)[C@H](C)C[C@@H]2OC. The summed E-state index contributed by atoms with van der Waals surface area (Å²) in [5, 5.41) is 23.6. The molecule has 0 aromatic rings. The van der Waals surface area contributed by atoms with Crippen molar-refractivity contribution in [1.82, 2.24) is 4.90 Å². The number of alkyl halides is 1. The highest BCUT2D eigenvalue weighted by Crippen LogP contribution is 2.39. The molecule has 2 N–H and O–H groups in total. The van der Waals surface area contributed by atoms with Crippen LogP contribution in [0.3, 0.4) is 0 Å². The van der Waals surface area contributed by atoms with Gasteiger partial charge in [-0.25, -0.2) is 4.79 Å². The van der Waals surface area contributed by atoms with E-state index in [4.69, 9.17) is 35.3 Å². The van der Waals surface area contributed by atoms with E-state index in [9.17, 15) is 29.4 Å². The Hall–Kier alpha value is -2.19. The molecule has 0 aromatic heterocycles. The Morgan fingerprint density at radius 3 is 2.25 bits per heavy atom. The molecule has 1 aliphatic carbocycles. The predicted octanol–water partition coefficient (Wildman–Crippen LogP) is 5.72. The van der Waals surface area contributed by atoms with Crippen molar-refractivity contribution in [3.63, 3.8) is 0 Å². The lowest BCUT2D eigenvalue weighted by molar-refractivity contribution is -0.302. The molecule has 3 fully saturated rings. The van der Waals surface area contributed by atoms with Crippen LogP contribution < -0.4 is 0 Å². The minimum Gasteiger partial charge on any atom is -0.456 e. The molecule has 4 aliphatic rings. The molecule has 56 heavy (non-hydrogen) atoms. The summed E-state index contributed by atoms with van der Waals surface area (Å²) in [4.78, 5) is 57.7. The van der Waals surface area contributed by atoms with Crippen molar-refractivity contribution in [2.24, 2.45) is 29.6 Å². The Kier molecular flexibility index (Phi) is 17.2. The number of allylic oxidation sites excluding steroid dienone is 3. The molecule has 4 rings (SSSR count). The number of aliphatic hydroxyl groups is 2. The Morgan fingerprint density at radius 1 is 0.946 bits per heavy atom. The van der Waals surface area contributed by atoms with Crippen LogP contribution in [0.4, 0.5) is 0 Å². The number of esters is 1. The highest BCUT2D eigenvalue weighted by atomic mass is 35.5. The molecule has 2 bridgehead atoms. The standard InChI is InChI=1S/C43H68ClNO11/c1-10-30-18-24(2)17-25(3)19-36(53-8)39-37(54-9)21-27(5)43(51,56-39)40(48)41(49)45-16-12-11-13-32(45)42(50)55-38(28(6)33(46)23-34(30)47)26(4)20-29-14-15-31(44)35(22-29)52-7/h18,20,24-25,27-29,31-33,35-39,46,51H,10-17,19,21-23H2,1-9H3/t24?,25-,27+,28+,29-,31-,32-,33-,35+,36-,37-,38+,39?,43+/m0/s1. The van der Waals surface area contributed by atoms with Crippen LogP contribution in [0.25, 0.3) is 0 Å². The molecule has 0 radical (unpaired) electrons. The highest BCUT2D eigenvalue weighted by molar-refractivity contribution is 6.39. The van der Waals surface area contributed by atoms with Crippen LogP contribution in [0.1, 0.15) is 112 Å². The number of carbonyl (C=O) groups excluding carboxylic acids is 4. The van der Waals surface area contributed by atoms with Gasteiger partial charge in [-0.05, 0) is 100 Å². The summed E-state index contributed by atoms with van der Waals surface area (Å²) >= 11 is 6.52. The molecule has 318 valence electrons. The van der Waals surface area contributed by atoms with E-state index in [1.807, 2.05) is 32.9 Å². The van der Waals surface area contributed by atoms with Crippen molar-refractivity contribution in [2.75, 3.05) is 27.9 Å². The molecular weight excluding hydrogens is 742 g/mol. The van der Waals surface area contributed by atoms with E-state index in [1.165, 1.54) is 19.1 Å². The number of halogens is 1. The maximum absolute atomic E-state index is 14.3. The van der Waals surface area contributed by atoms with Crippen molar-refractivity contribution < 1.29 is 53.1 Å². The smallest absolute Gasteiger partial charge is 0.329 e. The Bertz CT molecular complexity index is 1440. The fourth-order valence-corrected chi connectivity index (χ4v) is 9.72. The topological polar surface area (TPSA) is 158 Å². The number of piperidine rings is 1. The minimum absolute atomic E-state index is 0.00186. The van der Waals surface area contributed by atoms with Crippen molar-refractivity contribution >= 4 is 35.0 Å². The van der Waals surface area contributed by atoms with Gasteiger partial charge in [-0.2, -0.15) is 0 Å². The average molecular weight is 810 g/mol. The van der Waals surface area contributed by atoms with Crippen LogP contribution in [-0.4, -0.2) is 120 Å². The Morgan fingerprint density at radius 2 is 1.61 bits per heavy atom. The third kappa shape index (κ3) is 10.9. The molecule has 3 aliphatic heterocycles. The molecule has 0 spiro atoms. The normalized spacial score (nSPS) is 40.6. The number of ketones is 2. The summed E-state index contributed by atoms with van der Waals surface area (Å²) in [7, 11) is 4.72. The summed E-state index contributed by atoms with van der Waals surface area (Å²) in [5.41, 5.74) is 1.32. The second kappa shape index (κ2) is 20.7. The fraction of sp³-hybridized carbons (Fsp3) is 0.814. The Balaban J connectivity index is 1.76. The first-order chi connectivity index (χ1) is 26.5. The van der Waals surface area contributed by atoms with Gasteiger partial charge in [0.2, 0.25) is 5.79 Å². The molecule has 2 unspecified atom stereocenters. The van der Waals surface area contributed by atoms with E-state index in [0.29, 0.717) is 49.7 Å². The number of cyclic esters (lactones) is 1. The van der Waals surface area contributed by atoms with Crippen molar-refractivity contribution in [1.29, 1.82) is 0 Å². The third-order valence-corrected chi connectivity index (χ3v) is 13.3. The molecule has 1 amide bonds. The quantitative estimate of drug-likeness (QED) is 0.146. The maximum atomic E-state index is 14.3. The molecule has 14 atom stereocenters. The van der Waals surface area contributed by atoms with Gasteiger partial charge in [0, 0.05) is 46.1 Å². The van der Waals surface area contributed by atoms with Gasteiger partial charge >= 0.3 is 5.97 Å². The lowest BCUT2D eigenvalue weighted by Crippen LogP contribution is -2.64. The zero-order chi connectivity index (χ0) is 41.5. The number of fused-ring (bicyclic) bond motifs is 3. The van der Waals surface area contributed by atoms with Crippen LogP contribution in [0, 0.1) is 29.6 Å². The first-order valence-corrected chi connectivity index (χ1v) is 21.2. The van der Waals surface area contributed by atoms with Gasteiger partial charge in [0.1, 0.15) is 18.2 Å². The van der Waals surface area contributed by atoms with Gasteiger partial charge in [-0.3, -0.25) is 14.4 Å². The minimum atomic E-state index is -2.49. The first-order valence-electron chi connectivity index (χ1n) is 20.8.